The smallest absolute Gasteiger partial charge is 0.165 e. The molecule has 3 heterocycles. The summed E-state index contributed by atoms with van der Waals surface area (Å²) in [5.74, 6) is 2.02. The second-order valence-electron chi connectivity index (χ2n) is 9.54. The Morgan fingerprint density at radius 1 is 0.971 bits per heavy atom. The van der Waals surface area contributed by atoms with Gasteiger partial charge in [0.05, 0.1) is 28.3 Å². The second-order valence-corrected chi connectivity index (χ2v) is 9.54. The fourth-order valence-electron chi connectivity index (χ4n) is 4.86. The summed E-state index contributed by atoms with van der Waals surface area (Å²) in [6.45, 7) is 2.05. The van der Waals surface area contributed by atoms with Gasteiger partial charge in [-0.2, -0.15) is 5.26 Å². The molecular weight excluding hydrogens is 420 g/mol. The molecule has 2 aliphatic carbocycles. The van der Waals surface area contributed by atoms with Crippen LogP contribution in [-0.2, 0) is 5.41 Å². The van der Waals surface area contributed by atoms with Gasteiger partial charge in [-0.15, -0.1) is 0 Å². The normalized spacial score (nSPS) is 16.9. The minimum Gasteiger partial charge on any atom is -0.340 e. The summed E-state index contributed by atoms with van der Waals surface area (Å²) in [5, 5.41) is 14.0. The Morgan fingerprint density at radius 2 is 1.79 bits per heavy atom. The van der Waals surface area contributed by atoms with Crippen molar-refractivity contribution in [1.82, 2.24) is 19.9 Å². The van der Waals surface area contributed by atoms with Crippen LogP contribution in [0, 0.1) is 18.3 Å². The Balaban J connectivity index is 1.38. The van der Waals surface area contributed by atoms with Crippen LogP contribution in [0.4, 0.5) is 11.5 Å². The number of nitriles is 1. The molecule has 2 fully saturated rings. The van der Waals surface area contributed by atoms with E-state index in [1.54, 1.807) is 6.20 Å². The van der Waals surface area contributed by atoms with E-state index < -0.39 is 0 Å². The van der Waals surface area contributed by atoms with E-state index >= 15 is 0 Å². The van der Waals surface area contributed by atoms with Gasteiger partial charge in [0.15, 0.2) is 5.65 Å². The number of pyridine rings is 2. The third kappa shape index (κ3) is 3.49. The molecule has 4 aromatic rings. The maximum Gasteiger partial charge on any atom is 0.165 e. The lowest BCUT2D eigenvalue weighted by atomic mass is 9.65. The predicted molar refractivity (Wildman–Crippen MR) is 133 cm³/mol. The molecule has 0 spiro atoms. The SMILES string of the molecule is Cc1cccnc1-c1ccc2c(Nc3ccc(C4(C#N)CCC4)cc3)nc(C3CCC3)nc2n1. The lowest BCUT2D eigenvalue weighted by molar-refractivity contribution is 0.324. The van der Waals surface area contributed by atoms with Gasteiger partial charge in [0.25, 0.3) is 0 Å². The molecule has 6 heteroatoms. The molecule has 0 radical (unpaired) electrons. The zero-order valence-corrected chi connectivity index (χ0v) is 19.3. The monoisotopic (exact) mass is 446 g/mol. The van der Waals surface area contributed by atoms with Gasteiger partial charge >= 0.3 is 0 Å². The molecule has 0 saturated heterocycles. The van der Waals surface area contributed by atoms with Crippen LogP contribution in [0.3, 0.4) is 0 Å². The lowest BCUT2D eigenvalue weighted by Crippen LogP contribution is -2.32. The number of nitrogens with one attached hydrogen (secondary N) is 1. The van der Waals surface area contributed by atoms with Crippen molar-refractivity contribution in [2.45, 2.75) is 56.8 Å². The van der Waals surface area contributed by atoms with Crippen LogP contribution >= 0.6 is 0 Å². The van der Waals surface area contributed by atoms with Gasteiger partial charge in [-0.3, -0.25) is 4.98 Å². The number of rotatable bonds is 5. The molecule has 0 amide bonds. The van der Waals surface area contributed by atoms with E-state index in [1.807, 2.05) is 43.3 Å². The first kappa shape index (κ1) is 20.7. The number of aromatic nitrogens is 4. The highest BCUT2D eigenvalue weighted by atomic mass is 15.1. The van der Waals surface area contributed by atoms with Crippen molar-refractivity contribution in [3.05, 3.63) is 71.7 Å². The molecule has 0 atom stereocenters. The molecule has 1 aromatic carbocycles. The van der Waals surface area contributed by atoms with Crippen molar-refractivity contribution in [2.75, 3.05) is 5.32 Å². The van der Waals surface area contributed by atoms with Gasteiger partial charge in [0, 0.05) is 17.8 Å². The largest absolute Gasteiger partial charge is 0.340 e. The molecular formula is C28H26N6. The molecule has 2 saturated carbocycles. The Hall–Kier alpha value is -3.85. The molecule has 1 N–H and O–H groups in total. The van der Waals surface area contributed by atoms with Gasteiger partial charge < -0.3 is 5.32 Å². The molecule has 6 nitrogen and oxygen atoms in total. The number of nitrogens with zero attached hydrogens (tertiary/aromatic N) is 5. The van der Waals surface area contributed by atoms with Crippen LogP contribution in [-0.4, -0.2) is 19.9 Å². The molecule has 0 unspecified atom stereocenters. The minimum absolute atomic E-state index is 0.304. The van der Waals surface area contributed by atoms with Crippen molar-refractivity contribution >= 4 is 22.5 Å². The molecule has 168 valence electrons. The summed E-state index contributed by atoms with van der Waals surface area (Å²) < 4.78 is 0. The maximum atomic E-state index is 9.65. The fourth-order valence-corrected chi connectivity index (χ4v) is 4.86. The van der Waals surface area contributed by atoms with Crippen LogP contribution in [0.15, 0.2) is 54.7 Å². The van der Waals surface area contributed by atoms with E-state index in [2.05, 4.69) is 28.5 Å². The first-order valence-electron chi connectivity index (χ1n) is 12.0. The third-order valence-electron chi connectivity index (χ3n) is 7.42. The van der Waals surface area contributed by atoms with E-state index in [1.165, 1.54) is 6.42 Å². The third-order valence-corrected chi connectivity index (χ3v) is 7.42. The standard InChI is InChI=1S/C28H26N6/c1-18-5-3-16-30-24(18)23-13-12-22-26(33-25(19-6-2-7-19)34-27(22)32-23)31-21-10-8-20(9-11-21)28(17-29)14-4-15-28/h3,5,8-13,16,19H,2,4,6-7,14-15H2,1H3,(H,31,32,33,34). The van der Waals surface area contributed by atoms with E-state index in [-0.39, 0.29) is 5.41 Å². The van der Waals surface area contributed by atoms with Crippen LogP contribution in [0.1, 0.15) is 61.4 Å². The zero-order chi connectivity index (χ0) is 23.1. The maximum absolute atomic E-state index is 9.65. The van der Waals surface area contributed by atoms with Gasteiger partial charge in [0.2, 0.25) is 0 Å². The Morgan fingerprint density at radius 3 is 2.44 bits per heavy atom. The topological polar surface area (TPSA) is 87.4 Å². The first-order chi connectivity index (χ1) is 16.6. The summed E-state index contributed by atoms with van der Waals surface area (Å²) in [4.78, 5) is 19.2. The average Bonchev–Trinajstić information content (AvgIpc) is 2.79. The quantitative estimate of drug-likeness (QED) is 0.384. The van der Waals surface area contributed by atoms with E-state index in [0.29, 0.717) is 11.6 Å². The van der Waals surface area contributed by atoms with Gasteiger partial charge in [0.1, 0.15) is 11.6 Å². The molecule has 3 aromatic heterocycles. The highest BCUT2D eigenvalue weighted by molar-refractivity contribution is 5.90. The number of aryl methyl sites for hydroxylation is 1. The molecule has 0 aliphatic heterocycles. The van der Waals surface area contributed by atoms with Crippen LogP contribution in [0.2, 0.25) is 0 Å². The van der Waals surface area contributed by atoms with Gasteiger partial charge in [-0.1, -0.05) is 24.6 Å². The van der Waals surface area contributed by atoms with Crippen molar-refractivity contribution < 1.29 is 0 Å². The molecule has 0 bridgehead atoms. The highest BCUT2D eigenvalue weighted by Gasteiger charge is 2.38. The summed E-state index contributed by atoms with van der Waals surface area (Å²) in [6, 6.07) is 18.8. The number of fused-ring (bicyclic) bond motifs is 1. The fraction of sp³-hybridized carbons (Fsp3) is 0.321. The number of hydrogen-bond donors (Lipinski definition) is 1. The summed E-state index contributed by atoms with van der Waals surface area (Å²) in [6.07, 6.45) is 8.27. The predicted octanol–water partition coefficient (Wildman–Crippen LogP) is 6.35. The molecule has 2 aliphatic rings. The zero-order valence-electron chi connectivity index (χ0n) is 19.3. The van der Waals surface area contributed by atoms with Crippen molar-refractivity contribution in [1.29, 1.82) is 5.26 Å². The second kappa shape index (κ2) is 8.18. The average molecular weight is 447 g/mol. The summed E-state index contributed by atoms with van der Waals surface area (Å²) in [7, 11) is 0. The number of hydrogen-bond acceptors (Lipinski definition) is 6. The Kier molecular flexibility index (Phi) is 4.99. The van der Waals surface area contributed by atoms with E-state index in [0.717, 1.165) is 77.3 Å². The van der Waals surface area contributed by atoms with Crippen molar-refractivity contribution in [3.8, 4) is 17.5 Å². The Bertz CT molecular complexity index is 1410. The number of anilines is 2. The minimum atomic E-state index is -0.304. The summed E-state index contributed by atoms with van der Waals surface area (Å²) >= 11 is 0. The van der Waals surface area contributed by atoms with E-state index in [9.17, 15) is 5.26 Å². The lowest BCUT2D eigenvalue weighted by Gasteiger charge is -2.35. The van der Waals surface area contributed by atoms with Crippen molar-refractivity contribution in [3.63, 3.8) is 0 Å². The number of benzene rings is 1. The van der Waals surface area contributed by atoms with Crippen molar-refractivity contribution in [2.24, 2.45) is 0 Å². The van der Waals surface area contributed by atoms with Gasteiger partial charge in [-0.05, 0) is 80.5 Å². The van der Waals surface area contributed by atoms with Gasteiger partial charge in [-0.25, -0.2) is 15.0 Å². The first-order valence-corrected chi connectivity index (χ1v) is 12.0. The highest BCUT2D eigenvalue weighted by Crippen LogP contribution is 2.43. The van der Waals surface area contributed by atoms with Crippen LogP contribution < -0.4 is 5.32 Å². The Labute approximate surface area is 199 Å². The molecule has 6 rings (SSSR count). The van der Waals surface area contributed by atoms with Crippen LogP contribution in [0.25, 0.3) is 22.4 Å². The molecule has 34 heavy (non-hydrogen) atoms. The summed E-state index contributed by atoms with van der Waals surface area (Å²) in [5.41, 5.74) is 5.22. The van der Waals surface area contributed by atoms with E-state index in [4.69, 9.17) is 15.0 Å². The van der Waals surface area contributed by atoms with Crippen LogP contribution in [0.5, 0.6) is 0 Å².